The predicted molar refractivity (Wildman–Crippen MR) is 155 cm³/mol. The Balaban J connectivity index is 1.50. The van der Waals surface area contributed by atoms with E-state index in [0.29, 0.717) is 4.91 Å². The van der Waals surface area contributed by atoms with E-state index in [0.717, 1.165) is 33.3 Å². The molecule has 4 aromatic rings. The Labute approximate surface area is 224 Å². The van der Waals surface area contributed by atoms with Gasteiger partial charge in [0.1, 0.15) is 10.8 Å². The van der Waals surface area contributed by atoms with Crippen LogP contribution in [-0.2, 0) is 4.79 Å². The summed E-state index contributed by atoms with van der Waals surface area (Å²) in [5.41, 5.74) is 3.67. The van der Waals surface area contributed by atoms with Crippen molar-refractivity contribution in [3.8, 4) is 5.75 Å². The second-order valence-corrected chi connectivity index (χ2v) is 11.1. The quantitative estimate of drug-likeness (QED) is 0.264. The number of nitrogens with zero attached hydrogens (tertiary/aromatic N) is 3. The van der Waals surface area contributed by atoms with Gasteiger partial charge in [-0.3, -0.25) is 9.69 Å². The number of rotatable bonds is 5. The number of thioether (sulfide) groups is 2. The van der Waals surface area contributed by atoms with E-state index in [1.54, 1.807) is 18.9 Å². The van der Waals surface area contributed by atoms with Crippen molar-refractivity contribution in [2.45, 2.75) is 4.33 Å². The first-order chi connectivity index (χ1) is 18.2. The van der Waals surface area contributed by atoms with Crippen LogP contribution in [0.3, 0.4) is 0 Å². The fourth-order valence-electron chi connectivity index (χ4n) is 4.31. The van der Waals surface area contributed by atoms with E-state index in [-0.39, 0.29) is 5.91 Å². The number of hydrazone groups is 1. The first kappa shape index (κ1) is 23.5. The Kier molecular flexibility index (Phi) is 6.24. The number of para-hydroxylation sites is 2. The maximum absolute atomic E-state index is 14.1. The predicted octanol–water partition coefficient (Wildman–Crippen LogP) is 7.04. The molecule has 0 saturated carbocycles. The maximum Gasteiger partial charge on any atom is 0.268 e. The van der Waals surface area contributed by atoms with E-state index in [2.05, 4.69) is 12.1 Å². The largest absolute Gasteiger partial charge is 0.497 e. The molecule has 2 heterocycles. The summed E-state index contributed by atoms with van der Waals surface area (Å²) >= 11 is 3.11. The van der Waals surface area contributed by atoms with Gasteiger partial charge in [0.15, 0.2) is 0 Å². The molecule has 0 aliphatic carbocycles. The highest BCUT2D eigenvalue weighted by atomic mass is 32.2. The molecule has 1 unspecified atom stereocenters. The lowest BCUT2D eigenvalue weighted by Crippen LogP contribution is -2.51. The number of benzene rings is 4. The van der Waals surface area contributed by atoms with E-state index >= 15 is 0 Å². The van der Waals surface area contributed by atoms with Gasteiger partial charge >= 0.3 is 0 Å². The first-order valence-corrected chi connectivity index (χ1v) is 13.4. The lowest BCUT2D eigenvalue weighted by molar-refractivity contribution is -0.114. The Bertz CT molecular complexity index is 1480. The highest BCUT2D eigenvalue weighted by molar-refractivity contribution is 8.28. The van der Waals surface area contributed by atoms with Gasteiger partial charge in [-0.1, -0.05) is 90.6 Å². The molecule has 37 heavy (non-hydrogen) atoms. The minimum absolute atomic E-state index is 0.0649. The number of hydrogen-bond acceptors (Lipinski definition) is 6. The standard InChI is InChI=1S/C30H23N3O2S2/c1-35-26-19-17-22(18-20-26)21-27-29(34)32(24-13-7-3-8-14-24)30(36-27)33(25-15-9-4-10-16-25)31-28(37-30)23-11-5-2-6-12-23/h2-21H,1H3/b27-21+. The van der Waals surface area contributed by atoms with Crippen LogP contribution in [0.5, 0.6) is 5.75 Å². The Morgan fingerprint density at radius 2 is 1.35 bits per heavy atom. The van der Waals surface area contributed by atoms with Crippen molar-refractivity contribution in [1.82, 2.24) is 0 Å². The van der Waals surface area contributed by atoms with Crippen molar-refractivity contribution in [3.05, 3.63) is 131 Å². The van der Waals surface area contributed by atoms with E-state index in [4.69, 9.17) is 9.84 Å². The van der Waals surface area contributed by atoms with Gasteiger partial charge in [0.2, 0.25) is 4.33 Å². The average Bonchev–Trinajstić information content (AvgIpc) is 3.47. The second-order valence-electron chi connectivity index (χ2n) is 8.43. The van der Waals surface area contributed by atoms with Crippen LogP contribution in [0.15, 0.2) is 125 Å². The topological polar surface area (TPSA) is 45.1 Å². The fraction of sp³-hybridized carbons (Fsp3) is 0.0667. The Morgan fingerprint density at radius 3 is 1.97 bits per heavy atom. The van der Waals surface area contributed by atoms with Gasteiger partial charge in [0.25, 0.3) is 5.91 Å². The molecule has 0 N–H and O–H groups in total. The first-order valence-electron chi connectivity index (χ1n) is 11.8. The summed E-state index contributed by atoms with van der Waals surface area (Å²) in [7, 11) is 1.64. The molecule has 182 valence electrons. The zero-order valence-electron chi connectivity index (χ0n) is 20.0. The van der Waals surface area contributed by atoms with E-state index in [1.807, 2.05) is 119 Å². The number of carbonyl (C=O) groups is 1. The molecule has 6 rings (SSSR count). The summed E-state index contributed by atoms with van der Waals surface area (Å²) in [5.74, 6) is 0.711. The summed E-state index contributed by atoms with van der Waals surface area (Å²) in [4.78, 5) is 16.6. The highest BCUT2D eigenvalue weighted by Gasteiger charge is 2.59. The zero-order chi connectivity index (χ0) is 25.2. The number of amides is 1. The molecule has 0 radical (unpaired) electrons. The summed E-state index contributed by atoms with van der Waals surface area (Å²) in [6.07, 6.45) is 1.95. The second kappa shape index (κ2) is 9.84. The molecular weight excluding hydrogens is 498 g/mol. The molecule has 1 spiro atoms. The van der Waals surface area contributed by atoms with Crippen LogP contribution in [0.25, 0.3) is 6.08 Å². The molecule has 1 saturated heterocycles. The molecule has 0 bridgehead atoms. The number of carbonyl (C=O) groups excluding carboxylic acids is 1. The van der Waals surface area contributed by atoms with Crippen LogP contribution in [0.2, 0.25) is 0 Å². The summed E-state index contributed by atoms with van der Waals surface area (Å²) in [6.45, 7) is 0. The molecule has 2 aliphatic heterocycles. The van der Waals surface area contributed by atoms with Crippen LogP contribution in [0.1, 0.15) is 11.1 Å². The van der Waals surface area contributed by atoms with Crippen molar-refractivity contribution in [2.75, 3.05) is 17.0 Å². The number of anilines is 2. The molecule has 7 heteroatoms. The SMILES string of the molecule is COc1ccc(/C=C2/SC3(SC(c4ccccc4)=NN3c3ccccc3)N(c3ccccc3)C2=O)cc1. The fourth-order valence-corrected chi connectivity index (χ4v) is 7.29. The highest BCUT2D eigenvalue weighted by Crippen LogP contribution is 2.59. The lowest BCUT2D eigenvalue weighted by Gasteiger charge is -2.38. The van der Waals surface area contributed by atoms with Gasteiger partial charge in [-0.15, -0.1) is 0 Å². The van der Waals surface area contributed by atoms with Crippen molar-refractivity contribution >= 4 is 51.9 Å². The van der Waals surface area contributed by atoms with Gasteiger partial charge in [-0.25, -0.2) is 5.01 Å². The van der Waals surface area contributed by atoms with Crippen LogP contribution >= 0.6 is 23.5 Å². The number of methoxy groups -OCH3 is 1. The van der Waals surface area contributed by atoms with Crippen LogP contribution in [-0.4, -0.2) is 22.4 Å². The molecule has 1 atom stereocenters. The summed E-state index contributed by atoms with van der Waals surface area (Å²) in [5, 5.41) is 7.93. The van der Waals surface area contributed by atoms with E-state index in [9.17, 15) is 4.79 Å². The van der Waals surface area contributed by atoms with Crippen molar-refractivity contribution in [3.63, 3.8) is 0 Å². The van der Waals surface area contributed by atoms with Gasteiger partial charge in [0, 0.05) is 11.3 Å². The van der Waals surface area contributed by atoms with Gasteiger partial charge in [-0.2, -0.15) is 5.10 Å². The minimum Gasteiger partial charge on any atom is -0.497 e. The number of hydrogen-bond donors (Lipinski definition) is 0. The normalized spacial score (nSPS) is 20.1. The number of ether oxygens (including phenoxy) is 1. The summed E-state index contributed by atoms with van der Waals surface area (Å²) < 4.78 is 4.43. The molecular formula is C30H23N3O2S2. The molecule has 1 amide bonds. The van der Waals surface area contributed by atoms with Gasteiger partial charge in [0.05, 0.1) is 17.7 Å². The van der Waals surface area contributed by atoms with Crippen LogP contribution in [0, 0.1) is 0 Å². The third kappa shape index (κ3) is 4.30. The van der Waals surface area contributed by atoms with Gasteiger partial charge in [-0.05, 0) is 59.8 Å². The third-order valence-corrected chi connectivity index (χ3v) is 8.84. The molecule has 4 aromatic carbocycles. The van der Waals surface area contributed by atoms with E-state index < -0.39 is 4.33 Å². The smallest absolute Gasteiger partial charge is 0.268 e. The average molecular weight is 522 g/mol. The zero-order valence-corrected chi connectivity index (χ0v) is 21.7. The minimum atomic E-state index is -0.872. The Hall–Kier alpha value is -3.94. The monoisotopic (exact) mass is 521 g/mol. The van der Waals surface area contributed by atoms with Gasteiger partial charge < -0.3 is 4.74 Å². The maximum atomic E-state index is 14.1. The third-order valence-electron chi connectivity index (χ3n) is 6.08. The van der Waals surface area contributed by atoms with Crippen LogP contribution < -0.4 is 14.6 Å². The van der Waals surface area contributed by atoms with Crippen molar-refractivity contribution in [2.24, 2.45) is 5.10 Å². The Morgan fingerprint density at radius 1 is 0.757 bits per heavy atom. The van der Waals surface area contributed by atoms with E-state index in [1.165, 1.54) is 11.8 Å². The molecule has 2 aliphatic rings. The lowest BCUT2D eigenvalue weighted by atomic mass is 10.2. The molecule has 1 fully saturated rings. The van der Waals surface area contributed by atoms with Crippen LogP contribution in [0.4, 0.5) is 11.4 Å². The molecule has 5 nitrogen and oxygen atoms in total. The van der Waals surface area contributed by atoms with Crippen molar-refractivity contribution < 1.29 is 9.53 Å². The van der Waals surface area contributed by atoms with Crippen molar-refractivity contribution in [1.29, 1.82) is 0 Å². The molecule has 0 aromatic heterocycles. The summed E-state index contributed by atoms with van der Waals surface area (Å²) in [6, 6.07) is 37.7.